The maximum absolute atomic E-state index is 12.5. The Balaban J connectivity index is 1.39. The standard InChI is InChI=1S/C25H32N2O4/c1-4-5-21-7-10-22(11-8-21)30-17-24(28)26-12-14-27(15-13-26)25(29)18-31-23-9-6-19(2)20(3)16-23/h6-11,16H,4-5,12-15,17-18H2,1-3H3. The van der Waals surface area contributed by atoms with Crippen LogP contribution < -0.4 is 9.47 Å². The van der Waals surface area contributed by atoms with Gasteiger partial charge in [0, 0.05) is 26.2 Å². The molecule has 6 nitrogen and oxygen atoms in total. The van der Waals surface area contributed by atoms with Gasteiger partial charge in [-0.25, -0.2) is 0 Å². The molecule has 1 aliphatic rings. The number of piperazine rings is 1. The van der Waals surface area contributed by atoms with E-state index in [1.165, 1.54) is 11.1 Å². The lowest BCUT2D eigenvalue weighted by molar-refractivity contribution is -0.141. The molecule has 1 heterocycles. The SMILES string of the molecule is CCCc1ccc(OCC(=O)N2CCN(C(=O)COc3ccc(C)c(C)c3)CC2)cc1. The molecule has 0 aliphatic carbocycles. The highest BCUT2D eigenvalue weighted by Crippen LogP contribution is 2.17. The third kappa shape index (κ3) is 6.48. The number of rotatable bonds is 8. The highest BCUT2D eigenvalue weighted by atomic mass is 16.5. The molecule has 1 saturated heterocycles. The zero-order chi connectivity index (χ0) is 22.2. The number of benzene rings is 2. The molecule has 2 amide bonds. The van der Waals surface area contributed by atoms with E-state index < -0.39 is 0 Å². The van der Waals surface area contributed by atoms with Crippen LogP contribution in [0, 0.1) is 13.8 Å². The van der Waals surface area contributed by atoms with Crippen LogP contribution >= 0.6 is 0 Å². The van der Waals surface area contributed by atoms with Crippen molar-refractivity contribution < 1.29 is 19.1 Å². The van der Waals surface area contributed by atoms with Crippen LogP contribution in [-0.4, -0.2) is 61.0 Å². The molecule has 0 spiro atoms. The molecule has 0 atom stereocenters. The molecule has 0 radical (unpaired) electrons. The Bertz CT molecular complexity index is 887. The minimum atomic E-state index is -0.0613. The Hall–Kier alpha value is -3.02. The summed E-state index contributed by atoms with van der Waals surface area (Å²) >= 11 is 0. The van der Waals surface area contributed by atoms with Crippen LogP contribution in [0.2, 0.25) is 0 Å². The fraction of sp³-hybridized carbons (Fsp3) is 0.440. The van der Waals surface area contributed by atoms with E-state index in [0.717, 1.165) is 18.4 Å². The molecule has 0 aromatic heterocycles. The third-order valence-electron chi connectivity index (χ3n) is 5.65. The second-order valence-corrected chi connectivity index (χ2v) is 7.98. The normalized spacial score (nSPS) is 13.8. The summed E-state index contributed by atoms with van der Waals surface area (Å²) in [4.78, 5) is 28.4. The van der Waals surface area contributed by atoms with Crippen LogP contribution in [0.5, 0.6) is 11.5 Å². The van der Waals surface area contributed by atoms with E-state index >= 15 is 0 Å². The van der Waals surface area contributed by atoms with Crippen molar-refractivity contribution in [2.45, 2.75) is 33.6 Å². The number of hydrogen-bond donors (Lipinski definition) is 0. The van der Waals surface area contributed by atoms with E-state index in [1.54, 1.807) is 9.80 Å². The lowest BCUT2D eigenvalue weighted by Crippen LogP contribution is -2.52. The first-order chi connectivity index (χ1) is 15.0. The highest BCUT2D eigenvalue weighted by molar-refractivity contribution is 5.80. The zero-order valence-corrected chi connectivity index (χ0v) is 18.7. The van der Waals surface area contributed by atoms with Crippen molar-refractivity contribution in [3.05, 3.63) is 59.2 Å². The number of carbonyl (C=O) groups excluding carboxylic acids is 2. The van der Waals surface area contributed by atoms with E-state index in [1.807, 2.05) is 56.3 Å². The zero-order valence-electron chi connectivity index (χ0n) is 18.7. The molecule has 166 valence electrons. The Labute approximate surface area is 184 Å². The van der Waals surface area contributed by atoms with Gasteiger partial charge in [-0.3, -0.25) is 9.59 Å². The van der Waals surface area contributed by atoms with Gasteiger partial charge < -0.3 is 19.3 Å². The van der Waals surface area contributed by atoms with Gasteiger partial charge in [-0.15, -0.1) is 0 Å². The van der Waals surface area contributed by atoms with Crippen LogP contribution in [0.3, 0.4) is 0 Å². The smallest absolute Gasteiger partial charge is 0.260 e. The van der Waals surface area contributed by atoms with Crippen molar-refractivity contribution in [2.24, 2.45) is 0 Å². The van der Waals surface area contributed by atoms with Crippen molar-refractivity contribution in [3.8, 4) is 11.5 Å². The molecule has 31 heavy (non-hydrogen) atoms. The highest BCUT2D eigenvalue weighted by Gasteiger charge is 2.24. The summed E-state index contributed by atoms with van der Waals surface area (Å²) in [5, 5.41) is 0. The van der Waals surface area contributed by atoms with Gasteiger partial charge in [-0.1, -0.05) is 31.5 Å². The molecule has 3 rings (SSSR count). The van der Waals surface area contributed by atoms with Crippen LogP contribution in [0.1, 0.15) is 30.0 Å². The van der Waals surface area contributed by atoms with Crippen LogP contribution in [0.15, 0.2) is 42.5 Å². The second kappa shape index (κ2) is 10.8. The largest absolute Gasteiger partial charge is 0.484 e. The Kier molecular flexibility index (Phi) is 7.93. The fourth-order valence-corrected chi connectivity index (χ4v) is 3.52. The predicted octanol–water partition coefficient (Wildman–Crippen LogP) is 3.38. The van der Waals surface area contributed by atoms with Crippen LogP contribution in [0.25, 0.3) is 0 Å². The molecule has 0 N–H and O–H groups in total. The van der Waals surface area contributed by atoms with Gasteiger partial charge in [0.15, 0.2) is 13.2 Å². The number of aryl methyl sites for hydroxylation is 3. The summed E-state index contributed by atoms with van der Waals surface area (Å²) in [6, 6.07) is 13.7. The van der Waals surface area contributed by atoms with Gasteiger partial charge >= 0.3 is 0 Å². The van der Waals surface area contributed by atoms with Gasteiger partial charge in [0.05, 0.1) is 0 Å². The summed E-state index contributed by atoms with van der Waals surface area (Å²) in [6.07, 6.45) is 2.14. The summed E-state index contributed by atoms with van der Waals surface area (Å²) in [7, 11) is 0. The van der Waals surface area contributed by atoms with Crippen molar-refractivity contribution >= 4 is 11.8 Å². The Morgan fingerprint density at radius 3 is 1.81 bits per heavy atom. The molecular weight excluding hydrogens is 392 g/mol. The van der Waals surface area contributed by atoms with Crippen LogP contribution in [0.4, 0.5) is 0 Å². The van der Waals surface area contributed by atoms with Crippen LogP contribution in [-0.2, 0) is 16.0 Å². The first-order valence-electron chi connectivity index (χ1n) is 10.9. The number of hydrogen-bond acceptors (Lipinski definition) is 4. The number of ether oxygens (including phenoxy) is 2. The molecule has 1 fully saturated rings. The Morgan fingerprint density at radius 1 is 0.774 bits per heavy atom. The second-order valence-electron chi connectivity index (χ2n) is 7.98. The van der Waals surface area contributed by atoms with Crippen molar-refractivity contribution in [3.63, 3.8) is 0 Å². The quantitative estimate of drug-likeness (QED) is 0.652. The molecule has 0 unspecified atom stereocenters. The van der Waals surface area contributed by atoms with Crippen molar-refractivity contribution in [1.29, 1.82) is 0 Å². The summed E-state index contributed by atoms with van der Waals surface area (Å²) in [5.74, 6) is 1.28. The third-order valence-corrected chi connectivity index (χ3v) is 5.65. The van der Waals surface area contributed by atoms with Gasteiger partial charge in [-0.05, 0) is 61.2 Å². The summed E-state index contributed by atoms with van der Waals surface area (Å²) in [6.45, 7) is 8.25. The minimum Gasteiger partial charge on any atom is -0.484 e. The first-order valence-corrected chi connectivity index (χ1v) is 10.9. The first kappa shape index (κ1) is 22.7. The molecule has 2 aromatic carbocycles. The number of nitrogens with zero attached hydrogens (tertiary/aromatic N) is 2. The van der Waals surface area contributed by atoms with Gasteiger partial charge in [0.2, 0.25) is 0 Å². The number of carbonyl (C=O) groups is 2. The van der Waals surface area contributed by atoms with E-state index in [4.69, 9.17) is 9.47 Å². The fourth-order valence-electron chi connectivity index (χ4n) is 3.52. The van der Waals surface area contributed by atoms with Crippen molar-refractivity contribution in [2.75, 3.05) is 39.4 Å². The monoisotopic (exact) mass is 424 g/mol. The van der Waals surface area contributed by atoms with E-state index in [0.29, 0.717) is 37.7 Å². The molecule has 0 saturated carbocycles. The number of amides is 2. The van der Waals surface area contributed by atoms with E-state index in [-0.39, 0.29) is 25.0 Å². The maximum Gasteiger partial charge on any atom is 0.260 e. The van der Waals surface area contributed by atoms with Gasteiger partial charge in [0.25, 0.3) is 11.8 Å². The molecular formula is C25H32N2O4. The molecule has 2 aromatic rings. The average Bonchev–Trinajstić information content (AvgIpc) is 2.79. The molecule has 1 aliphatic heterocycles. The van der Waals surface area contributed by atoms with E-state index in [9.17, 15) is 9.59 Å². The van der Waals surface area contributed by atoms with E-state index in [2.05, 4.69) is 6.92 Å². The maximum atomic E-state index is 12.5. The van der Waals surface area contributed by atoms with Gasteiger partial charge in [-0.2, -0.15) is 0 Å². The minimum absolute atomic E-state index is 0.00752. The summed E-state index contributed by atoms with van der Waals surface area (Å²) in [5.41, 5.74) is 3.59. The lowest BCUT2D eigenvalue weighted by Gasteiger charge is -2.34. The average molecular weight is 425 g/mol. The summed E-state index contributed by atoms with van der Waals surface area (Å²) < 4.78 is 11.3. The topological polar surface area (TPSA) is 59.1 Å². The van der Waals surface area contributed by atoms with Crippen molar-refractivity contribution in [1.82, 2.24) is 9.80 Å². The Morgan fingerprint density at radius 2 is 1.29 bits per heavy atom. The predicted molar refractivity (Wildman–Crippen MR) is 121 cm³/mol. The lowest BCUT2D eigenvalue weighted by atomic mass is 10.1. The van der Waals surface area contributed by atoms with Gasteiger partial charge in [0.1, 0.15) is 11.5 Å². The molecule has 6 heteroatoms. The molecule has 0 bridgehead atoms.